The zero-order chi connectivity index (χ0) is 22.0. The Balaban J connectivity index is 3.08. The molecule has 1 atom stereocenters. The number of hydrogen-bond acceptors (Lipinski definition) is 7. The lowest BCUT2D eigenvalue weighted by molar-refractivity contribution is -0.140. The maximum absolute atomic E-state index is 11.8. The van der Waals surface area contributed by atoms with E-state index in [2.05, 4.69) is 0 Å². The van der Waals surface area contributed by atoms with E-state index in [9.17, 15) is 29.4 Å². The Morgan fingerprint density at radius 1 is 0.690 bits per heavy atom. The van der Waals surface area contributed by atoms with Crippen LogP contribution in [0.3, 0.4) is 0 Å². The van der Waals surface area contributed by atoms with Crippen LogP contribution in [0.1, 0.15) is 13.3 Å². The summed E-state index contributed by atoms with van der Waals surface area (Å²) in [5, 5.41) is 37.0. The number of carboxylic acid groups (broad SMARTS) is 4. The van der Waals surface area contributed by atoms with E-state index < -0.39 is 30.0 Å². The molecule has 0 saturated carbocycles. The van der Waals surface area contributed by atoms with Gasteiger partial charge in [-0.1, -0.05) is 6.92 Å². The average molecular weight is 418 g/mol. The summed E-state index contributed by atoms with van der Waals surface area (Å²) in [6, 6.07) is -0.467. The molecule has 0 radical (unpaired) electrons. The first-order chi connectivity index (χ1) is 13.6. The molecule has 29 heavy (non-hydrogen) atoms. The van der Waals surface area contributed by atoms with Crippen LogP contribution < -0.4 is 0 Å². The molecule has 0 aromatic heterocycles. The highest BCUT2D eigenvalue weighted by Gasteiger charge is 2.27. The van der Waals surface area contributed by atoms with E-state index >= 15 is 0 Å². The molecule has 1 fully saturated rings. The SMILES string of the molecule is CCC1CN(CC(=O)O)CCN(CC(=O)O)CCN(CC(=O)O)CCN1C(=O)O. The fourth-order valence-corrected chi connectivity index (χ4v) is 3.34. The number of hydrogen-bond donors (Lipinski definition) is 4. The Kier molecular flexibility index (Phi) is 10.3. The third-order valence-electron chi connectivity index (χ3n) is 4.83. The first-order valence-electron chi connectivity index (χ1n) is 9.44. The van der Waals surface area contributed by atoms with Gasteiger partial charge in [-0.3, -0.25) is 29.1 Å². The van der Waals surface area contributed by atoms with E-state index in [1.165, 1.54) is 4.90 Å². The van der Waals surface area contributed by atoms with Gasteiger partial charge in [-0.15, -0.1) is 0 Å². The molecule has 0 aromatic rings. The van der Waals surface area contributed by atoms with Gasteiger partial charge in [0.15, 0.2) is 0 Å². The summed E-state index contributed by atoms with van der Waals surface area (Å²) in [7, 11) is 0. The summed E-state index contributed by atoms with van der Waals surface area (Å²) in [5.74, 6) is -3.13. The Bertz CT molecular complexity index is 588. The summed E-state index contributed by atoms with van der Waals surface area (Å²) in [6.07, 6.45) is -0.688. The van der Waals surface area contributed by atoms with E-state index in [1.807, 2.05) is 0 Å². The fraction of sp³-hybridized carbons (Fsp3) is 0.765. The van der Waals surface area contributed by atoms with Gasteiger partial charge in [0.1, 0.15) is 0 Å². The Labute approximate surface area is 168 Å². The lowest BCUT2D eigenvalue weighted by Gasteiger charge is -2.36. The van der Waals surface area contributed by atoms with Gasteiger partial charge >= 0.3 is 24.0 Å². The summed E-state index contributed by atoms with van der Waals surface area (Å²) in [4.78, 5) is 51.3. The molecule has 0 aromatic carbocycles. The molecule has 12 heteroatoms. The van der Waals surface area contributed by atoms with E-state index in [-0.39, 0.29) is 65.4 Å². The summed E-state index contributed by atoms with van der Waals surface area (Å²) >= 11 is 0. The van der Waals surface area contributed by atoms with Crippen molar-refractivity contribution in [2.45, 2.75) is 19.4 Å². The molecule has 1 heterocycles. The second-order valence-electron chi connectivity index (χ2n) is 7.01. The van der Waals surface area contributed by atoms with Gasteiger partial charge in [0.2, 0.25) is 0 Å². The van der Waals surface area contributed by atoms with Crippen LogP contribution in [0.5, 0.6) is 0 Å². The van der Waals surface area contributed by atoms with Crippen molar-refractivity contribution in [1.82, 2.24) is 19.6 Å². The largest absolute Gasteiger partial charge is 0.480 e. The molecule has 0 bridgehead atoms. The minimum atomic E-state index is -1.15. The highest BCUT2D eigenvalue weighted by atomic mass is 16.4. The van der Waals surface area contributed by atoms with E-state index in [0.717, 1.165) is 0 Å². The first-order valence-corrected chi connectivity index (χ1v) is 9.44. The minimum Gasteiger partial charge on any atom is -0.480 e. The van der Waals surface area contributed by atoms with Crippen LogP contribution in [0.15, 0.2) is 0 Å². The molecule has 0 spiro atoms. The zero-order valence-corrected chi connectivity index (χ0v) is 16.6. The molecule has 4 N–H and O–H groups in total. The number of aliphatic carboxylic acids is 3. The topological polar surface area (TPSA) is 162 Å². The molecule has 1 amide bonds. The van der Waals surface area contributed by atoms with Crippen LogP contribution in [0.25, 0.3) is 0 Å². The molecule has 0 aliphatic carbocycles. The van der Waals surface area contributed by atoms with Crippen molar-refractivity contribution in [3.8, 4) is 0 Å². The van der Waals surface area contributed by atoms with E-state index in [0.29, 0.717) is 6.42 Å². The van der Waals surface area contributed by atoms with Gasteiger partial charge < -0.3 is 25.3 Å². The molecular weight excluding hydrogens is 388 g/mol. The molecule has 12 nitrogen and oxygen atoms in total. The van der Waals surface area contributed by atoms with Crippen LogP contribution in [0.4, 0.5) is 4.79 Å². The van der Waals surface area contributed by atoms with Crippen LogP contribution in [0.2, 0.25) is 0 Å². The van der Waals surface area contributed by atoms with Crippen molar-refractivity contribution >= 4 is 24.0 Å². The number of carbonyl (C=O) groups is 4. The number of carboxylic acids is 3. The van der Waals surface area contributed by atoms with Crippen molar-refractivity contribution in [3.05, 3.63) is 0 Å². The Hall–Kier alpha value is -2.44. The normalized spacial score (nSPS) is 21.1. The molecule has 1 unspecified atom stereocenters. The molecular formula is C17H30N4O8. The molecule has 1 aliphatic rings. The maximum Gasteiger partial charge on any atom is 0.407 e. The van der Waals surface area contributed by atoms with Crippen molar-refractivity contribution in [1.29, 1.82) is 0 Å². The lowest BCUT2D eigenvalue weighted by atomic mass is 10.1. The molecule has 166 valence electrons. The summed E-state index contributed by atoms with van der Waals surface area (Å²) < 4.78 is 0. The summed E-state index contributed by atoms with van der Waals surface area (Å²) in [5.41, 5.74) is 0. The fourth-order valence-electron chi connectivity index (χ4n) is 3.34. The van der Waals surface area contributed by atoms with Crippen molar-refractivity contribution in [2.24, 2.45) is 0 Å². The van der Waals surface area contributed by atoms with E-state index in [1.54, 1.807) is 21.6 Å². The second kappa shape index (κ2) is 12.2. The second-order valence-corrected chi connectivity index (χ2v) is 7.01. The summed E-state index contributed by atoms with van der Waals surface area (Å²) in [6.45, 7) is 2.47. The van der Waals surface area contributed by atoms with Gasteiger partial charge in [0.05, 0.1) is 19.6 Å². The van der Waals surface area contributed by atoms with Gasteiger partial charge in [0.25, 0.3) is 0 Å². The third-order valence-corrected chi connectivity index (χ3v) is 4.83. The van der Waals surface area contributed by atoms with Crippen molar-refractivity contribution in [2.75, 3.05) is 65.4 Å². The Morgan fingerprint density at radius 2 is 1.07 bits per heavy atom. The smallest absolute Gasteiger partial charge is 0.407 e. The minimum absolute atomic E-state index is 0.0704. The van der Waals surface area contributed by atoms with Crippen LogP contribution in [0, 0.1) is 0 Å². The maximum atomic E-state index is 11.8. The highest BCUT2D eigenvalue weighted by molar-refractivity contribution is 5.70. The van der Waals surface area contributed by atoms with Crippen LogP contribution in [-0.4, -0.2) is 136 Å². The molecule has 1 rings (SSSR count). The number of rotatable bonds is 7. The monoisotopic (exact) mass is 418 g/mol. The predicted octanol–water partition coefficient (Wildman–Crippen LogP) is -1.08. The number of nitrogens with zero attached hydrogens (tertiary/aromatic N) is 4. The van der Waals surface area contributed by atoms with Crippen molar-refractivity contribution in [3.63, 3.8) is 0 Å². The van der Waals surface area contributed by atoms with Crippen molar-refractivity contribution < 1.29 is 39.6 Å². The predicted molar refractivity (Wildman–Crippen MR) is 101 cm³/mol. The van der Waals surface area contributed by atoms with Gasteiger partial charge in [-0.25, -0.2) is 4.79 Å². The standard InChI is InChI=1S/C17H30N4O8/c1-2-13-9-20(12-16(26)27)6-5-18(10-14(22)23)3-4-19(11-15(24)25)7-8-21(13)17(28)29/h13H,2-12H2,1H3,(H,22,23)(H,24,25)(H,26,27)(H,28,29). The van der Waals surface area contributed by atoms with Gasteiger partial charge in [-0.2, -0.15) is 0 Å². The zero-order valence-electron chi connectivity index (χ0n) is 16.6. The first kappa shape index (κ1) is 24.6. The lowest BCUT2D eigenvalue weighted by Crippen LogP contribution is -2.53. The van der Waals surface area contributed by atoms with E-state index in [4.69, 9.17) is 10.2 Å². The highest BCUT2D eigenvalue weighted by Crippen LogP contribution is 2.10. The third kappa shape index (κ3) is 9.54. The van der Waals surface area contributed by atoms with Gasteiger partial charge in [-0.05, 0) is 6.42 Å². The van der Waals surface area contributed by atoms with Gasteiger partial charge in [0, 0.05) is 51.9 Å². The molecule has 1 aliphatic heterocycles. The quantitative estimate of drug-likeness (QED) is 0.398. The molecule has 1 saturated heterocycles. The number of amides is 1. The van der Waals surface area contributed by atoms with Crippen LogP contribution >= 0.6 is 0 Å². The average Bonchev–Trinajstić information content (AvgIpc) is 2.59. The van der Waals surface area contributed by atoms with Crippen LogP contribution in [-0.2, 0) is 14.4 Å². The Morgan fingerprint density at radius 3 is 1.45 bits per heavy atom.